The molecule has 3 rings (SSSR count). The van der Waals surface area contributed by atoms with Crippen LogP contribution in [0.4, 0.5) is 0 Å². The molecule has 1 N–H and O–H groups in total. The average Bonchev–Trinajstić information content (AvgIpc) is 2.73. The fraction of sp³-hybridized carbons (Fsp3) is 0.632. The molecule has 1 saturated carbocycles. The Morgan fingerprint density at radius 2 is 1.84 bits per heavy atom. The summed E-state index contributed by atoms with van der Waals surface area (Å²) in [4.78, 5) is 15.0. The Morgan fingerprint density at radius 1 is 1.20 bits per heavy atom. The van der Waals surface area contributed by atoms with Gasteiger partial charge in [-0.1, -0.05) is 32.9 Å². The van der Waals surface area contributed by atoms with Gasteiger partial charge in [0.15, 0.2) is 0 Å². The van der Waals surface area contributed by atoms with Crippen LogP contribution in [0.15, 0.2) is 24.3 Å². The lowest BCUT2D eigenvalue weighted by Gasteiger charge is -2.39. The van der Waals surface area contributed by atoms with Crippen molar-refractivity contribution in [3.05, 3.63) is 35.4 Å². The van der Waals surface area contributed by atoms with E-state index in [1.165, 1.54) is 0 Å². The van der Waals surface area contributed by atoms with Crippen LogP contribution in [0.3, 0.4) is 0 Å². The van der Waals surface area contributed by atoms with Gasteiger partial charge in [0, 0.05) is 24.7 Å². The molecule has 1 aromatic carbocycles. The SMILES string of the molecule is CC1(C)CC2CC(C)(CN2C(=O)c2ccc(CNS(C)(=O)=O)cc2)C1. The van der Waals surface area contributed by atoms with Crippen molar-refractivity contribution in [3.8, 4) is 0 Å². The van der Waals surface area contributed by atoms with E-state index in [1.807, 2.05) is 12.1 Å². The van der Waals surface area contributed by atoms with Crippen LogP contribution in [0.25, 0.3) is 0 Å². The molecule has 5 nitrogen and oxygen atoms in total. The summed E-state index contributed by atoms with van der Waals surface area (Å²) in [6.45, 7) is 7.97. The summed E-state index contributed by atoms with van der Waals surface area (Å²) >= 11 is 0. The van der Waals surface area contributed by atoms with Crippen LogP contribution < -0.4 is 4.72 Å². The van der Waals surface area contributed by atoms with Gasteiger partial charge >= 0.3 is 0 Å². The van der Waals surface area contributed by atoms with E-state index in [2.05, 4.69) is 30.4 Å². The summed E-state index contributed by atoms with van der Waals surface area (Å²) in [6, 6.07) is 7.57. The minimum atomic E-state index is -3.21. The number of carbonyl (C=O) groups excluding carboxylic acids is 1. The number of fused-ring (bicyclic) bond motifs is 2. The van der Waals surface area contributed by atoms with Crippen LogP contribution in [0.2, 0.25) is 0 Å². The Labute approximate surface area is 150 Å². The molecule has 1 aliphatic heterocycles. The molecule has 2 atom stereocenters. The molecule has 1 aromatic rings. The Balaban J connectivity index is 1.71. The molecule has 0 aromatic heterocycles. The van der Waals surface area contributed by atoms with Crippen molar-refractivity contribution in [1.82, 2.24) is 9.62 Å². The second kappa shape index (κ2) is 6.09. The number of nitrogens with zero attached hydrogens (tertiary/aromatic N) is 1. The maximum Gasteiger partial charge on any atom is 0.254 e. The zero-order valence-electron chi connectivity index (χ0n) is 15.5. The summed E-state index contributed by atoms with van der Waals surface area (Å²) in [7, 11) is -3.21. The number of benzene rings is 1. The summed E-state index contributed by atoms with van der Waals surface area (Å²) in [5.41, 5.74) is 2.03. The fourth-order valence-corrected chi connectivity index (χ4v) is 5.27. The molecule has 25 heavy (non-hydrogen) atoms. The molecule has 2 unspecified atom stereocenters. The number of amides is 1. The second-order valence-electron chi connectivity index (χ2n) is 8.94. The molecule has 2 bridgehead atoms. The van der Waals surface area contributed by atoms with Gasteiger partial charge in [-0.3, -0.25) is 4.79 Å². The third kappa shape index (κ3) is 4.23. The molecule has 1 aliphatic carbocycles. The minimum Gasteiger partial charge on any atom is -0.335 e. The van der Waals surface area contributed by atoms with Gasteiger partial charge < -0.3 is 4.90 Å². The minimum absolute atomic E-state index is 0.0917. The van der Waals surface area contributed by atoms with Gasteiger partial charge in [-0.25, -0.2) is 13.1 Å². The first kappa shape index (κ1) is 18.4. The predicted molar refractivity (Wildman–Crippen MR) is 98.7 cm³/mol. The summed E-state index contributed by atoms with van der Waals surface area (Å²) in [5, 5.41) is 0. The maximum absolute atomic E-state index is 13.0. The highest BCUT2D eigenvalue weighted by atomic mass is 32.2. The highest BCUT2D eigenvalue weighted by Crippen LogP contribution is 2.52. The molecule has 2 fully saturated rings. The third-order valence-electron chi connectivity index (χ3n) is 5.42. The van der Waals surface area contributed by atoms with Gasteiger partial charge in [-0.05, 0) is 47.8 Å². The summed E-state index contributed by atoms with van der Waals surface area (Å²) < 4.78 is 24.8. The van der Waals surface area contributed by atoms with Gasteiger partial charge in [0.05, 0.1) is 6.26 Å². The molecule has 1 amide bonds. The highest BCUT2D eigenvalue weighted by molar-refractivity contribution is 7.88. The van der Waals surface area contributed by atoms with Crippen LogP contribution in [-0.4, -0.2) is 38.1 Å². The first-order chi connectivity index (χ1) is 11.5. The van der Waals surface area contributed by atoms with E-state index < -0.39 is 10.0 Å². The average molecular weight is 365 g/mol. The smallest absolute Gasteiger partial charge is 0.254 e. The zero-order valence-corrected chi connectivity index (χ0v) is 16.3. The first-order valence-electron chi connectivity index (χ1n) is 8.81. The Bertz CT molecular complexity index is 770. The van der Waals surface area contributed by atoms with E-state index in [0.29, 0.717) is 11.6 Å². The normalized spacial score (nSPS) is 28.2. The van der Waals surface area contributed by atoms with E-state index in [9.17, 15) is 13.2 Å². The lowest BCUT2D eigenvalue weighted by molar-refractivity contribution is 0.0708. The Kier molecular flexibility index (Phi) is 4.48. The Hall–Kier alpha value is -1.40. The number of rotatable bonds is 4. The molecule has 1 heterocycles. The molecule has 0 radical (unpaired) electrons. The first-order valence-corrected chi connectivity index (χ1v) is 10.7. The van der Waals surface area contributed by atoms with E-state index >= 15 is 0 Å². The van der Waals surface area contributed by atoms with Gasteiger partial charge in [0.1, 0.15) is 0 Å². The molecule has 0 spiro atoms. The van der Waals surface area contributed by atoms with Gasteiger partial charge in [0.2, 0.25) is 10.0 Å². The van der Waals surface area contributed by atoms with Crippen molar-refractivity contribution in [2.75, 3.05) is 12.8 Å². The molecule has 2 aliphatic rings. The maximum atomic E-state index is 13.0. The number of sulfonamides is 1. The summed E-state index contributed by atoms with van der Waals surface area (Å²) in [6.07, 6.45) is 4.46. The second-order valence-corrected chi connectivity index (χ2v) is 10.8. The van der Waals surface area contributed by atoms with Crippen molar-refractivity contribution < 1.29 is 13.2 Å². The lowest BCUT2D eigenvalue weighted by Crippen LogP contribution is -2.37. The molecular weight excluding hydrogens is 336 g/mol. The standard InChI is InChI=1S/C19H28N2O3S/c1-18(2)9-16-10-19(3,12-18)13-21(16)17(22)15-7-5-14(6-8-15)11-20-25(4,23)24/h5-8,16,20H,9-13H2,1-4H3. The van der Waals surface area contributed by atoms with Crippen molar-refractivity contribution in [2.24, 2.45) is 10.8 Å². The zero-order chi connectivity index (χ0) is 18.5. The topological polar surface area (TPSA) is 66.5 Å². The van der Waals surface area contributed by atoms with Crippen LogP contribution in [0.1, 0.15) is 56.0 Å². The Morgan fingerprint density at radius 3 is 2.44 bits per heavy atom. The van der Waals surface area contributed by atoms with Crippen LogP contribution >= 0.6 is 0 Å². The van der Waals surface area contributed by atoms with Crippen LogP contribution in [-0.2, 0) is 16.6 Å². The number of carbonyl (C=O) groups is 1. The summed E-state index contributed by atoms with van der Waals surface area (Å²) in [5.74, 6) is 0.0917. The fourth-order valence-electron chi connectivity index (χ4n) is 4.84. The molecule has 6 heteroatoms. The van der Waals surface area contributed by atoms with E-state index in [1.54, 1.807) is 12.1 Å². The predicted octanol–water partition coefficient (Wildman–Crippen LogP) is 2.78. The molecule has 1 saturated heterocycles. The number of likely N-dealkylation sites (tertiary alicyclic amines) is 1. The van der Waals surface area contributed by atoms with E-state index in [-0.39, 0.29) is 23.3 Å². The van der Waals surface area contributed by atoms with Crippen LogP contribution in [0.5, 0.6) is 0 Å². The van der Waals surface area contributed by atoms with Crippen molar-refractivity contribution in [1.29, 1.82) is 0 Å². The lowest BCUT2D eigenvalue weighted by atomic mass is 9.65. The van der Waals surface area contributed by atoms with Crippen molar-refractivity contribution in [2.45, 2.75) is 52.6 Å². The van der Waals surface area contributed by atoms with E-state index in [4.69, 9.17) is 0 Å². The van der Waals surface area contributed by atoms with Crippen LogP contribution in [0, 0.1) is 10.8 Å². The largest absolute Gasteiger partial charge is 0.335 e. The molecular formula is C19H28N2O3S. The van der Waals surface area contributed by atoms with E-state index in [0.717, 1.165) is 37.6 Å². The highest BCUT2D eigenvalue weighted by Gasteiger charge is 2.50. The van der Waals surface area contributed by atoms with Gasteiger partial charge in [-0.2, -0.15) is 0 Å². The number of nitrogens with one attached hydrogen (secondary N) is 1. The number of hydrogen-bond acceptors (Lipinski definition) is 3. The van der Waals surface area contributed by atoms with Crippen molar-refractivity contribution in [3.63, 3.8) is 0 Å². The molecule has 138 valence electrons. The van der Waals surface area contributed by atoms with Gasteiger partial charge in [0.25, 0.3) is 5.91 Å². The number of hydrogen-bond donors (Lipinski definition) is 1. The van der Waals surface area contributed by atoms with Gasteiger partial charge in [-0.15, -0.1) is 0 Å². The third-order valence-corrected chi connectivity index (χ3v) is 6.08. The quantitative estimate of drug-likeness (QED) is 0.893. The monoisotopic (exact) mass is 364 g/mol. The van der Waals surface area contributed by atoms with Crippen molar-refractivity contribution >= 4 is 15.9 Å².